The monoisotopic (exact) mass is 433 g/mol. The highest BCUT2D eigenvalue weighted by molar-refractivity contribution is 8.00. The topological polar surface area (TPSA) is 61.4 Å². The molecule has 0 bridgehead atoms. The molecule has 7 heteroatoms. The molecule has 4 rings (SSSR count). The van der Waals surface area contributed by atoms with E-state index in [-0.39, 0.29) is 5.91 Å². The number of carbonyl (C=O) groups excluding carboxylic acids is 1. The van der Waals surface area contributed by atoms with Crippen LogP contribution in [-0.4, -0.2) is 47.8 Å². The van der Waals surface area contributed by atoms with Crippen molar-refractivity contribution >= 4 is 34.9 Å². The summed E-state index contributed by atoms with van der Waals surface area (Å²) in [5.41, 5.74) is 4.45. The molecule has 2 aromatic carbocycles. The summed E-state index contributed by atoms with van der Waals surface area (Å²) in [6.45, 7) is 7.71. The molecule has 3 aromatic rings. The van der Waals surface area contributed by atoms with E-state index in [0.717, 1.165) is 48.3 Å². The lowest BCUT2D eigenvalue weighted by atomic mass is 10.1. The number of para-hydroxylation sites is 1. The molecule has 1 fully saturated rings. The van der Waals surface area contributed by atoms with Crippen LogP contribution in [0.1, 0.15) is 11.1 Å². The van der Waals surface area contributed by atoms with Crippen LogP contribution in [0, 0.1) is 13.8 Å². The van der Waals surface area contributed by atoms with Crippen LogP contribution in [0.5, 0.6) is 0 Å². The van der Waals surface area contributed by atoms with Gasteiger partial charge in [-0.25, -0.2) is 9.97 Å². The minimum atomic E-state index is -0.0428. The van der Waals surface area contributed by atoms with E-state index in [1.54, 1.807) is 12.4 Å². The summed E-state index contributed by atoms with van der Waals surface area (Å²) >= 11 is 1.43. The lowest BCUT2D eigenvalue weighted by Gasteiger charge is -2.37. The fourth-order valence-electron chi connectivity index (χ4n) is 3.60. The van der Waals surface area contributed by atoms with Gasteiger partial charge in [0.15, 0.2) is 5.82 Å². The van der Waals surface area contributed by atoms with Gasteiger partial charge >= 0.3 is 0 Å². The second-order valence-corrected chi connectivity index (χ2v) is 8.59. The number of hydrogen-bond donors (Lipinski definition) is 1. The zero-order chi connectivity index (χ0) is 21.6. The molecule has 0 spiro atoms. The molecule has 0 saturated carbocycles. The average Bonchev–Trinajstić information content (AvgIpc) is 2.81. The number of thioether (sulfide) groups is 1. The van der Waals surface area contributed by atoms with Gasteiger partial charge in [0.25, 0.3) is 0 Å². The summed E-state index contributed by atoms with van der Waals surface area (Å²) in [5, 5.41) is 3.77. The Morgan fingerprint density at radius 2 is 1.65 bits per heavy atom. The number of nitrogens with zero attached hydrogens (tertiary/aromatic N) is 4. The second kappa shape index (κ2) is 9.83. The Kier molecular flexibility index (Phi) is 6.72. The molecule has 1 aromatic heterocycles. The number of piperazine rings is 1. The summed E-state index contributed by atoms with van der Waals surface area (Å²) < 4.78 is 0. The van der Waals surface area contributed by atoms with Crippen molar-refractivity contribution < 1.29 is 4.79 Å². The van der Waals surface area contributed by atoms with Crippen LogP contribution >= 0.6 is 11.8 Å². The van der Waals surface area contributed by atoms with Gasteiger partial charge in [-0.3, -0.25) is 4.79 Å². The van der Waals surface area contributed by atoms with Crippen LogP contribution in [-0.2, 0) is 4.79 Å². The van der Waals surface area contributed by atoms with E-state index >= 15 is 0 Å². The van der Waals surface area contributed by atoms with Crippen molar-refractivity contribution in [3.05, 3.63) is 72.1 Å². The summed E-state index contributed by atoms with van der Waals surface area (Å²) in [5.74, 6) is 1.11. The van der Waals surface area contributed by atoms with E-state index < -0.39 is 0 Å². The first-order valence-electron chi connectivity index (χ1n) is 10.5. The Morgan fingerprint density at radius 3 is 2.39 bits per heavy atom. The molecule has 6 nitrogen and oxygen atoms in total. The molecule has 31 heavy (non-hydrogen) atoms. The normalized spacial score (nSPS) is 13.9. The minimum absolute atomic E-state index is 0.0428. The van der Waals surface area contributed by atoms with Gasteiger partial charge in [0.1, 0.15) is 5.03 Å². The molecule has 1 saturated heterocycles. The van der Waals surface area contributed by atoms with E-state index in [0.29, 0.717) is 5.75 Å². The number of rotatable bonds is 6. The predicted molar refractivity (Wildman–Crippen MR) is 128 cm³/mol. The molecule has 1 amide bonds. The highest BCUT2D eigenvalue weighted by Crippen LogP contribution is 2.27. The van der Waals surface area contributed by atoms with Gasteiger partial charge < -0.3 is 15.1 Å². The van der Waals surface area contributed by atoms with Crippen molar-refractivity contribution in [1.29, 1.82) is 0 Å². The number of hydrogen-bond acceptors (Lipinski definition) is 6. The van der Waals surface area contributed by atoms with Gasteiger partial charge in [-0.2, -0.15) is 0 Å². The molecule has 1 aliphatic heterocycles. The molecule has 0 aliphatic carbocycles. The molecule has 0 atom stereocenters. The van der Waals surface area contributed by atoms with Crippen molar-refractivity contribution in [3.8, 4) is 0 Å². The van der Waals surface area contributed by atoms with Crippen molar-refractivity contribution in [1.82, 2.24) is 9.97 Å². The third-order valence-corrected chi connectivity index (χ3v) is 6.45. The van der Waals surface area contributed by atoms with E-state index in [4.69, 9.17) is 0 Å². The van der Waals surface area contributed by atoms with Gasteiger partial charge in [0, 0.05) is 49.9 Å². The fraction of sp³-hybridized carbons (Fsp3) is 0.292. The molecule has 2 heterocycles. The first-order chi connectivity index (χ1) is 15.1. The Hall–Kier alpha value is -3.06. The number of nitrogens with one attached hydrogen (secondary N) is 1. The molecule has 1 aliphatic rings. The van der Waals surface area contributed by atoms with Crippen molar-refractivity contribution in [2.45, 2.75) is 18.9 Å². The van der Waals surface area contributed by atoms with Gasteiger partial charge in [-0.15, -0.1) is 0 Å². The van der Waals surface area contributed by atoms with Gasteiger partial charge in [0.2, 0.25) is 5.91 Å². The predicted octanol–water partition coefficient (Wildman–Crippen LogP) is 4.15. The maximum Gasteiger partial charge on any atom is 0.234 e. The Morgan fingerprint density at radius 1 is 0.935 bits per heavy atom. The maximum absolute atomic E-state index is 12.5. The van der Waals surface area contributed by atoms with Crippen molar-refractivity contribution in [3.63, 3.8) is 0 Å². The molecular formula is C24H27N5OS. The summed E-state index contributed by atoms with van der Waals surface area (Å²) in [6, 6.07) is 16.4. The maximum atomic E-state index is 12.5. The number of aromatic nitrogens is 2. The fourth-order valence-corrected chi connectivity index (χ4v) is 4.39. The summed E-state index contributed by atoms with van der Waals surface area (Å²) in [4.78, 5) is 26.2. The van der Waals surface area contributed by atoms with Crippen LogP contribution in [0.15, 0.2) is 66.0 Å². The van der Waals surface area contributed by atoms with Crippen LogP contribution in [0.2, 0.25) is 0 Å². The lowest BCUT2D eigenvalue weighted by Crippen LogP contribution is -2.47. The van der Waals surface area contributed by atoms with E-state index in [9.17, 15) is 4.79 Å². The summed E-state index contributed by atoms with van der Waals surface area (Å²) in [6.07, 6.45) is 3.41. The zero-order valence-corrected chi connectivity index (χ0v) is 18.7. The van der Waals surface area contributed by atoms with Gasteiger partial charge in [-0.1, -0.05) is 36.0 Å². The average molecular weight is 434 g/mol. The van der Waals surface area contributed by atoms with E-state index in [1.165, 1.54) is 23.0 Å². The molecule has 1 N–H and O–H groups in total. The SMILES string of the molecule is Cc1ccc(NC(=O)CSc2nccnc2N2CCN(c3ccccc3)CC2)cc1C. The lowest BCUT2D eigenvalue weighted by molar-refractivity contribution is -0.113. The Balaban J connectivity index is 1.35. The minimum Gasteiger partial charge on any atom is -0.368 e. The second-order valence-electron chi connectivity index (χ2n) is 7.63. The quantitative estimate of drug-likeness (QED) is 0.589. The number of anilines is 3. The number of benzene rings is 2. The van der Waals surface area contributed by atoms with E-state index in [1.807, 2.05) is 31.2 Å². The standard InChI is InChI=1S/C24H27N5OS/c1-18-8-9-20(16-19(18)2)27-22(30)17-31-24-23(25-10-11-26-24)29-14-12-28(13-15-29)21-6-4-3-5-7-21/h3-11,16H,12-15,17H2,1-2H3,(H,27,30). The van der Waals surface area contributed by atoms with E-state index in [2.05, 4.69) is 56.3 Å². The smallest absolute Gasteiger partial charge is 0.234 e. The van der Waals surface area contributed by atoms with Crippen LogP contribution in [0.3, 0.4) is 0 Å². The number of aryl methyl sites for hydroxylation is 2. The summed E-state index contributed by atoms with van der Waals surface area (Å²) in [7, 11) is 0. The molecule has 0 radical (unpaired) electrons. The molecule has 0 unspecified atom stereocenters. The Labute approximate surface area is 187 Å². The van der Waals surface area contributed by atoms with Gasteiger partial charge in [-0.05, 0) is 49.2 Å². The highest BCUT2D eigenvalue weighted by Gasteiger charge is 2.21. The van der Waals surface area contributed by atoms with Crippen LogP contribution in [0.4, 0.5) is 17.2 Å². The highest BCUT2D eigenvalue weighted by atomic mass is 32.2. The first-order valence-corrected chi connectivity index (χ1v) is 11.4. The third-order valence-electron chi connectivity index (χ3n) is 5.48. The van der Waals surface area contributed by atoms with Crippen molar-refractivity contribution in [2.24, 2.45) is 0 Å². The van der Waals surface area contributed by atoms with Crippen LogP contribution in [0.25, 0.3) is 0 Å². The molecular weight excluding hydrogens is 406 g/mol. The Bertz CT molecular complexity index is 1040. The van der Waals surface area contributed by atoms with Gasteiger partial charge in [0.05, 0.1) is 5.75 Å². The third kappa shape index (κ3) is 5.35. The largest absolute Gasteiger partial charge is 0.368 e. The zero-order valence-electron chi connectivity index (χ0n) is 17.9. The first kappa shape index (κ1) is 21.2. The number of carbonyl (C=O) groups is 1. The van der Waals surface area contributed by atoms with Crippen molar-refractivity contribution in [2.75, 3.05) is 47.0 Å². The van der Waals surface area contributed by atoms with Crippen LogP contribution < -0.4 is 15.1 Å². The number of amides is 1. The molecule has 160 valence electrons.